The highest BCUT2D eigenvalue weighted by atomic mass is 79.9. The van der Waals surface area contributed by atoms with Gasteiger partial charge in [0.2, 0.25) is 0 Å². The summed E-state index contributed by atoms with van der Waals surface area (Å²) in [6, 6.07) is 5.47. The molecule has 0 saturated carbocycles. The summed E-state index contributed by atoms with van der Waals surface area (Å²) >= 11 is 14.9. The summed E-state index contributed by atoms with van der Waals surface area (Å²) in [6.07, 6.45) is 0. The molecule has 0 radical (unpaired) electrons. The molecule has 1 aromatic rings. The van der Waals surface area contributed by atoms with Crippen molar-refractivity contribution in [2.45, 2.75) is 6.92 Å². The summed E-state index contributed by atoms with van der Waals surface area (Å²) in [7, 11) is 0. The zero-order valence-electron chi connectivity index (χ0n) is 6.44. The Kier molecular flexibility index (Phi) is 3.63. The van der Waals surface area contributed by atoms with Gasteiger partial charge in [0, 0.05) is 10.0 Å². The van der Waals surface area contributed by atoms with E-state index in [2.05, 4.69) is 15.9 Å². The molecule has 0 unspecified atom stereocenters. The second-order valence-corrected chi connectivity index (χ2v) is 3.78. The van der Waals surface area contributed by atoms with Crippen molar-refractivity contribution in [2.24, 2.45) is 0 Å². The first-order valence-corrected chi connectivity index (χ1v) is 5.04. The zero-order chi connectivity index (χ0) is 9.14. The van der Waals surface area contributed by atoms with Crippen molar-refractivity contribution < 1.29 is 0 Å². The van der Waals surface area contributed by atoms with Gasteiger partial charge in [0.15, 0.2) is 0 Å². The highest BCUT2D eigenvalue weighted by Gasteiger charge is 1.98. The van der Waals surface area contributed by atoms with Crippen LogP contribution in [0, 0.1) is 0 Å². The topological polar surface area (TPSA) is 0 Å². The Bertz CT molecular complexity index is 298. The maximum Gasteiger partial charge on any atom is 0.0426 e. The average molecular weight is 266 g/mol. The highest BCUT2D eigenvalue weighted by molar-refractivity contribution is 9.11. The van der Waals surface area contributed by atoms with E-state index in [9.17, 15) is 0 Å². The number of allylic oxidation sites excluding steroid dienone is 1. The Morgan fingerprint density at radius 1 is 1.25 bits per heavy atom. The van der Waals surface area contributed by atoms with Gasteiger partial charge >= 0.3 is 0 Å². The van der Waals surface area contributed by atoms with Crippen LogP contribution in [0.4, 0.5) is 0 Å². The van der Waals surface area contributed by atoms with Gasteiger partial charge in [0.1, 0.15) is 0 Å². The molecule has 0 amide bonds. The van der Waals surface area contributed by atoms with E-state index < -0.39 is 0 Å². The molecular formula is C9H7BrCl2. The maximum atomic E-state index is 5.82. The summed E-state index contributed by atoms with van der Waals surface area (Å²) in [5, 5.41) is 1.32. The van der Waals surface area contributed by atoms with Crippen LogP contribution >= 0.6 is 39.1 Å². The van der Waals surface area contributed by atoms with E-state index in [1.807, 2.05) is 24.0 Å². The summed E-state index contributed by atoms with van der Waals surface area (Å²) < 4.78 is 0. The van der Waals surface area contributed by atoms with E-state index in [1.54, 1.807) is 6.07 Å². The van der Waals surface area contributed by atoms with E-state index in [-0.39, 0.29) is 0 Å². The van der Waals surface area contributed by atoms with Gasteiger partial charge < -0.3 is 0 Å². The van der Waals surface area contributed by atoms with Gasteiger partial charge in [-0.1, -0.05) is 39.1 Å². The fourth-order valence-electron chi connectivity index (χ4n) is 0.844. The second kappa shape index (κ2) is 4.31. The molecule has 0 aliphatic heterocycles. The van der Waals surface area contributed by atoms with Crippen molar-refractivity contribution in [2.75, 3.05) is 0 Å². The molecule has 1 rings (SSSR count). The minimum atomic E-state index is 0.659. The van der Waals surface area contributed by atoms with Crippen molar-refractivity contribution in [1.82, 2.24) is 0 Å². The molecule has 0 bridgehead atoms. The largest absolute Gasteiger partial charge is 0.0843 e. The van der Waals surface area contributed by atoms with Gasteiger partial charge in [-0.15, -0.1) is 0 Å². The lowest BCUT2D eigenvalue weighted by Gasteiger charge is -2.01. The van der Waals surface area contributed by atoms with Crippen molar-refractivity contribution in [1.29, 1.82) is 0 Å². The van der Waals surface area contributed by atoms with E-state index >= 15 is 0 Å². The molecule has 0 spiro atoms. The van der Waals surface area contributed by atoms with Crippen LogP contribution in [-0.4, -0.2) is 0 Å². The van der Waals surface area contributed by atoms with E-state index in [0.29, 0.717) is 10.0 Å². The normalized spacial score (nSPS) is 11.8. The molecule has 0 aliphatic carbocycles. The van der Waals surface area contributed by atoms with E-state index in [0.717, 1.165) is 11.1 Å². The maximum absolute atomic E-state index is 5.82. The summed E-state index contributed by atoms with van der Waals surface area (Å²) in [5.41, 5.74) is 2.13. The van der Waals surface area contributed by atoms with Crippen LogP contribution in [0.1, 0.15) is 12.5 Å². The molecule has 0 atom stereocenters. The number of hydrogen-bond acceptors (Lipinski definition) is 0. The lowest BCUT2D eigenvalue weighted by molar-refractivity contribution is 1.58. The van der Waals surface area contributed by atoms with Gasteiger partial charge in [-0.05, 0) is 41.2 Å². The lowest BCUT2D eigenvalue weighted by atomic mass is 10.1. The SMILES string of the molecule is C/C(=C\Br)c1cc(Cl)cc(Cl)c1. The lowest BCUT2D eigenvalue weighted by Crippen LogP contribution is -1.78. The first kappa shape index (κ1) is 10.1. The van der Waals surface area contributed by atoms with Gasteiger partial charge in [0.05, 0.1) is 0 Å². The van der Waals surface area contributed by atoms with Gasteiger partial charge in [-0.2, -0.15) is 0 Å². The third-order valence-electron chi connectivity index (χ3n) is 1.48. The van der Waals surface area contributed by atoms with Crippen LogP contribution in [-0.2, 0) is 0 Å². The first-order chi connectivity index (χ1) is 5.63. The van der Waals surface area contributed by atoms with Crippen molar-refractivity contribution >= 4 is 44.7 Å². The second-order valence-electron chi connectivity index (χ2n) is 2.45. The van der Waals surface area contributed by atoms with Gasteiger partial charge in [-0.25, -0.2) is 0 Å². The Labute approximate surface area is 90.3 Å². The van der Waals surface area contributed by atoms with Crippen LogP contribution < -0.4 is 0 Å². The molecule has 3 heteroatoms. The standard InChI is InChI=1S/C9H7BrCl2/c1-6(5-10)7-2-8(11)4-9(12)3-7/h2-5H,1H3/b6-5+. The van der Waals surface area contributed by atoms with Gasteiger partial charge in [0.25, 0.3) is 0 Å². The molecule has 0 heterocycles. The molecule has 0 fully saturated rings. The van der Waals surface area contributed by atoms with Crippen LogP contribution in [0.25, 0.3) is 5.57 Å². The van der Waals surface area contributed by atoms with Crippen molar-refractivity contribution in [3.8, 4) is 0 Å². The zero-order valence-corrected chi connectivity index (χ0v) is 9.54. The molecule has 1 aromatic carbocycles. The average Bonchev–Trinajstić information content (AvgIpc) is 2.01. The summed E-state index contributed by atoms with van der Waals surface area (Å²) in [5.74, 6) is 0. The Morgan fingerprint density at radius 2 is 1.75 bits per heavy atom. The molecular weight excluding hydrogens is 259 g/mol. The van der Waals surface area contributed by atoms with E-state index in [4.69, 9.17) is 23.2 Å². The minimum Gasteiger partial charge on any atom is -0.0843 e. The monoisotopic (exact) mass is 264 g/mol. The molecule has 0 nitrogen and oxygen atoms in total. The van der Waals surface area contributed by atoms with Crippen LogP contribution in [0.2, 0.25) is 10.0 Å². The predicted octanol–water partition coefficient (Wildman–Crippen LogP) is 4.75. The Balaban J connectivity index is 3.17. The van der Waals surface area contributed by atoms with Crippen LogP contribution in [0.5, 0.6) is 0 Å². The molecule has 0 aliphatic rings. The molecule has 0 N–H and O–H groups in total. The fourth-order valence-corrected chi connectivity index (χ4v) is 1.63. The molecule has 12 heavy (non-hydrogen) atoms. The smallest absolute Gasteiger partial charge is 0.0426 e. The number of hydrogen-bond donors (Lipinski definition) is 0. The number of rotatable bonds is 1. The summed E-state index contributed by atoms with van der Waals surface area (Å²) in [4.78, 5) is 1.84. The minimum absolute atomic E-state index is 0.659. The highest BCUT2D eigenvalue weighted by Crippen LogP contribution is 2.24. The number of benzene rings is 1. The van der Waals surface area contributed by atoms with Crippen LogP contribution in [0.15, 0.2) is 23.2 Å². The van der Waals surface area contributed by atoms with E-state index in [1.165, 1.54) is 0 Å². The summed E-state index contributed by atoms with van der Waals surface area (Å²) in [6.45, 7) is 1.98. The Morgan fingerprint density at radius 3 is 2.17 bits per heavy atom. The molecule has 0 saturated heterocycles. The third kappa shape index (κ3) is 2.51. The van der Waals surface area contributed by atoms with Crippen molar-refractivity contribution in [3.63, 3.8) is 0 Å². The molecule has 64 valence electrons. The number of halogens is 3. The van der Waals surface area contributed by atoms with Crippen LogP contribution in [0.3, 0.4) is 0 Å². The fraction of sp³-hybridized carbons (Fsp3) is 0.111. The predicted molar refractivity (Wildman–Crippen MR) is 59.0 cm³/mol. The first-order valence-electron chi connectivity index (χ1n) is 3.37. The van der Waals surface area contributed by atoms with Crippen molar-refractivity contribution in [3.05, 3.63) is 38.8 Å². The quantitative estimate of drug-likeness (QED) is 0.688. The van der Waals surface area contributed by atoms with Gasteiger partial charge in [-0.3, -0.25) is 0 Å². The molecule has 0 aromatic heterocycles. The third-order valence-corrected chi connectivity index (χ3v) is 2.60. The Hall–Kier alpha value is 0.0200.